The van der Waals surface area contributed by atoms with E-state index in [1.165, 1.54) is 0 Å². The van der Waals surface area contributed by atoms with Crippen molar-refractivity contribution in [1.82, 2.24) is 10.6 Å². The van der Waals surface area contributed by atoms with Crippen molar-refractivity contribution in [2.75, 3.05) is 26.3 Å². The number of ether oxygens (including phenoxy) is 1. The number of amides is 1. The third-order valence-corrected chi connectivity index (χ3v) is 3.13. The maximum Gasteiger partial charge on any atom is 0.251 e. The molecule has 0 aliphatic heterocycles. The van der Waals surface area contributed by atoms with Gasteiger partial charge in [-0.3, -0.25) is 4.79 Å². The van der Waals surface area contributed by atoms with Crippen LogP contribution >= 0.6 is 24.0 Å². The fourth-order valence-corrected chi connectivity index (χ4v) is 1.92. The standard InChI is InChI=1S/C17H28N4O2.HI/c1-3-9-19-16(22)15-8-5-7-14(12-15)13-21-17(18)20-10-6-11-23-4-2;/h5,7-8,12H,3-4,6,9-11,13H2,1-2H3,(H,19,22)(H3,18,20,21);1H. The van der Waals surface area contributed by atoms with E-state index in [2.05, 4.69) is 15.6 Å². The molecule has 7 heteroatoms. The molecule has 4 N–H and O–H groups in total. The number of halogens is 1. The number of nitrogens with one attached hydrogen (secondary N) is 2. The van der Waals surface area contributed by atoms with Crippen molar-refractivity contribution in [3.63, 3.8) is 0 Å². The van der Waals surface area contributed by atoms with Crippen LogP contribution in [-0.2, 0) is 11.3 Å². The highest BCUT2D eigenvalue weighted by molar-refractivity contribution is 14.0. The number of aliphatic imine (C=N–C) groups is 1. The van der Waals surface area contributed by atoms with Crippen molar-refractivity contribution >= 4 is 35.8 Å². The second kappa shape index (κ2) is 14.0. The van der Waals surface area contributed by atoms with Gasteiger partial charge in [-0.15, -0.1) is 24.0 Å². The number of hydrogen-bond donors (Lipinski definition) is 3. The van der Waals surface area contributed by atoms with Gasteiger partial charge in [0.25, 0.3) is 5.91 Å². The van der Waals surface area contributed by atoms with E-state index in [1.54, 1.807) is 6.07 Å². The zero-order valence-corrected chi connectivity index (χ0v) is 16.8. The van der Waals surface area contributed by atoms with E-state index in [9.17, 15) is 4.79 Å². The summed E-state index contributed by atoms with van der Waals surface area (Å²) in [6.45, 7) is 7.29. The van der Waals surface area contributed by atoms with Crippen molar-refractivity contribution < 1.29 is 9.53 Å². The Hall–Kier alpha value is -1.35. The number of rotatable bonds is 10. The van der Waals surface area contributed by atoms with Crippen molar-refractivity contribution in [1.29, 1.82) is 0 Å². The molecular weight excluding hydrogens is 419 g/mol. The summed E-state index contributed by atoms with van der Waals surface area (Å²) in [4.78, 5) is 16.2. The van der Waals surface area contributed by atoms with Gasteiger partial charge in [0.15, 0.2) is 5.96 Å². The molecule has 0 atom stereocenters. The SMILES string of the molecule is CCCNC(=O)c1cccc(CN=C(N)NCCCOCC)c1.I. The highest BCUT2D eigenvalue weighted by Gasteiger charge is 2.04. The molecule has 24 heavy (non-hydrogen) atoms. The predicted molar refractivity (Wildman–Crippen MR) is 109 cm³/mol. The van der Waals surface area contributed by atoms with Gasteiger partial charge < -0.3 is 21.1 Å². The highest BCUT2D eigenvalue weighted by Crippen LogP contribution is 2.06. The van der Waals surface area contributed by atoms with Gasteiger partial charge in [0.2, 0.25) is 0 Å². The molecule has 0 saturated carbocycles. The summed E-state index contributed by atoms with van der Waals surface area (Å²) in [5.74, 6) is 0.349. The molecule has 0 unspecified atom stereocenters. The quantitative estimate of drug-likeness (QED) is 0.222. The molecule has 0 bridgehead atoms. The highest BCUT2D eigenvalue weighted by atomic mass is 127. The Morgan fingerprint density at radius 2 is 2.04 bits per heavy atom. The van der Waals surface area contributed by atoms with E-state index < -0.39 is 0 Å². The molecule has 0 radical (unpaired) electrons. The van der Waals surface area contributed by atoms with Gasteiger partial charge in [-0.2, -0.15) is 0 Å². The number of nitrogens with zero attached hydrogens (tertiary/aromatic N) is 1. The zero-order chi connectivity index (χ0) is 16.9. The average Bonchev–Trinajstić information content (AvgIpc) is 2.58. The van der Waals surface area contributed by atoms with Gasteiger partial charge in [0, 0.05) is 31.9 Å². The van der Waals surface area contributed by atoms with E-state index in [0.717, 1.165) is 31.6 Å². The monoisotopic (exact) mass is 448 g/mol. The molecule has 1 rings (SSSR count). The molecule has 0 spiro atoms. The van der Waals surface area contributed by atoms with Gasteiger partial charge in [0.05, 0.1) is 6.54 Å². The van der Waals surface area contributed by atoms with Crippen molar-refractivity contribution in [3.05, 3.63) is 35.4 Å². The summed E-state index contributed by atoms with van der Waals surface area (Å²) in [7, 11) is 0. The molecule has 0 aliphatic rings. The molecule has 0 aliphatic carbocycles. The maximum atomic E-state index is 11.9. The molecule has 0 heterocycles. The first kappa shape index (κ1) is 22.6. The van der Waals surface area contributed by atoms with E-state index in [1.807, 2.05) is 32.0 Å². The first-order valence-electron chi connectivity index (χ1n) is 8.16. The Kier molecular flexibility index (Phi) is 13.2. The largest absolute Gasteiger partial charge is 0.382 e. The maximum absolute atomic E-state index is 11.9. The summed E-state index contributed by atoms with van der Waals surface area (Å²) in [5.41, 5.74) is 7.42. The number of carbonyl (C=O) groups is 1. The van der Waals surface area contributed by atoms with Crippen molar-refractivity contribution in [3.8, 4) is 0 Å². The summed E-state index contributed by atoms with van der Waals surface area (Å²) in [6.07, 6.45) is 1.80. The van der Waals surface area contributed by atoms with Crippen LogP contribution in [-0.4, -0.2) is 38.2 Å². The minimum Gasteiger partial charge on any atom is -0.382 e. The van der Waals surface area contributed by atoms with Crippen LogP contribution in [0.3, 0.4) is 0 Å². The molecule has 1 amide bonds. The summed E-state index contributed by atoms with van der Waals surface area (Å²) in [6, 6.07) is 7.43. The predicted octanol–water partition coefficient (Wildman–Crippen LogP) is 2.28. The minimum absolute atomic E-state index is 0. The lowest BCUT2D eigenvalue weighted by atomic mass is 10.1. The van der Waals surface area contributed by atoms with Gasteiger partial charge in [-0.25, -0.2) is 4.99 Å². The Morgan fingerprint density at radius 3 is 2.75 bits per heavy atom. The first-order valence-corrected chi connectivity index (χ1v) is 8.16. The number of guanidine groups is 1. The van der Waals surface area contributed by atoms with Crippen molar-refractivity contribution in [2.45, 2.75) is 33.2 Å². The Bertz CT molecular complexity index is 509. The summed E-state index contributed by atoms with van der Waals surface area (Å²) < 4.78 is 5.25. The lowest BCUT2D eigenvalue weighted by Crippen LogP contribution is -2.32. The van der Waals surface area contributed by atoms with Gasteiger partial charge >= 0.3 is 0 Å². The average molecular weight is 448 g/mol. The van der Waals surface area contributed by atoms with E-state index in [0.29, 0.717) is 31.2 Å². The topological polar surface area (TPSA) is 88.7 Å². The Morgan fingerprint density at radius 1 is 1.25 bits per heavy atom. The minimum atomic E-state index is -0.0558. The molecule has 6 nitrogen and oxygen atoms in total. The van der Waals surface area contributed by atoms with Crippen LogP contribution in [0.2, 0.25) is 0 Å². The second-order valence-corrected chi connectivity index (χ2v) is 5.14. The van der Waals surface area contributed by atoms with Crippen LogP contribution in [0.5, 0.6) is 0 Å². The van der Waals surface area contributed by atoms with Crippen LogP contribution in [0.4, 0.5) is 0 Å². The van der Waals surface area contributed by atoms with E-state index in [4.69, 9.17) is 10.5 Å². The van der Waals surface area contributed by atoms with Crippen LogP contribution in [0.15, 0.2) is 29.3 Å². The zero-order valence-electron chi connectivity index (χ0n) is 14.5. The summed E-state index contributed by atoms with van der Waals surface area (Å²) in [5, 5.41) is 5.91. The number of nitrogens with two attached hydrogens (primary N) is 1. The Labute approximate surface area is 161 Å². The molecule has 136 valence electrons. The fourth-order valence-electron chi connectivity index (χ4n) is 1.92. The lowest BCUT2D eigenvalue weighted by molar-refractivity contribution is 0.0953. The third-order valence-electron chi connectivity index (χ3n) is 3.13. The smallest absolute Gasteiger partial charge is 0.251 e. The fraction of sp³-hybridized carbons (Fsp3) is 0.529. The van der Waals surface area contributed by atoms with Crippen LogP contribution in [0.25, 0.3) is 0 Å². The van der Waals surface area contributed by atoms with Gasteiger partial charge in [0.1, 0.15) is 0 Å². The molecule has 1 aromatic carbocycles. The summed E-state index contributed by atoms with van der Waals surface area (Å²) >= 11 is 0. The molecular formula is C17H29IN4O2. The van der Waals surface area contributed by atoms with Crippen molar-refractivity contribution in [2.24, 2.45) is 10.7 Å². The third kappa shape index (κ3) is 9.71. The number of hydrogen-bond acceptors (Lipinski definition) is 3. The van der Waals surface area contributed by atoms with Crippen LogP contribution < -0.4 is 16.4 Å². The molecule has 0 saturated heterocycles. The number of benzene rings is 1. The number of carbonyl (C=O) groups excluding carboxylic acids is 1. The second-order valence-electron chi connectivity index (χ2n) is 5.14. The molecule has 0 fully saturated rings. The van der Waals surface area contributed by atoms with Crippen LogP contribution in [0, 0.1) is 0 Å². The molecule has 0 aromatic heterocycles. The normalized spacial score (nSPS) is 10.8. The van der Waals surface area contributed by atoms with Crippen LogP contribution in [0.1, 0.15) is 42.6 Å². The molecule has 1 aromatic rings. The first-order chi connectivity index (χ1) is 11.2. The van der Waals surface area contributed by atoms with Gasteiger partial charge in [-0.05, 0) is 37.5 Å². The van der Waals surface area contributed by atoms with E-state index >= 15 is 0 Å². The van der Waals surface area contributed by atoms with E-state index in [-0.39, 0.29) is 29.9 Å². The van der Waals surface area contributed by atoms with Gasteiger partial charge in [-0.1, -0.05) is 19.1 Å². The lowest BCUT2D eigenvalue weighted by Gasteiger charge is -2.07. The Balaban J connectivity index is 0.00000529.